The number of nitrogens with zero attached hydrogens (tertiary/aromatic N) is 2. The van der Waals surface area contributed by atoms with E-state index in [-0.39, 0.29) is 10.2 Å². The fraction of sp³-hybridized carbons (Fsp3) is 0.500. The van der Waals surface area contributed by atoms with E-state index in [1.54, 1.807) is 6.07 Å². The smallest absolute Gasteiger partial charge is 0.297 e. The highest BCUT2D eigenvalue weighted by Gasteiger charge is 2.23. The van der Waals surface area contributed by atoms with Crippen molar-refractivity contribution in [2.75, 3.05) is 4.72 Å². The summed E-state index contributed by atoms with van der Waals surface area (Å²) in [6, 6.07) is 3.66. The van der Waals surface area contributed by atoms with Gasteiger partial charge in [0.25, 0.3) is 10.0 Å². The van der Waals surface area contributed by atoms with E-state index in [0.29, 0.717) is 18.3 Å². The molecule has 0 saturated heterocycles. The van der Waals surface area contributed by atoms with Crippen molar-refractivity contribution in [1.82, 2.24) is 15.5 Å². The zero-order valence-corrected chi connectivity index (χ0v) is 13.1. The molecule has 2 heterocycles. The Bertz CT molecular complexity index is 718. The van der Waals surface area contributed by atoms with Crippen molar-refractivity contribution in [2.24, 2.45) is 0 Å². The average Bonchev–Trinajstić information content (AvgIpc) is 2.98. The molecule has 0 spiro atoms. The van der Waals surface area contributed by atoms with Crippen molar-refractivity contribution in [3.05, 3.63) is 22.9 Å². The first-order valence-electron chi connectivity index (χ1n) is 6.74. The van der Waals surface area contributed by atoms with E-state index >= 15 is 0 Å². The molecule has 0 unspecified atom stereocenters. The SMILES string of the molecule is CCc1nnc(NS(=O)(=O)c2ccc(CNC3CC3)o2)s1. The first-order valence-corrected chi connectivity index (χ1v) is 9.04. The topological polar surface area (TPSA) is 97.1 Å². The molecule has 0 bridgehead atoms. The van der Waals surface area contributed by atoms with Gasteiger partial charge in [-0.25, -0.2) is 0 Å². The van der Waals surface area contributed by atoms with Crippen LogP contribution in [0.25, 0.3) is 0 Å². The van der Waals surface area contributed by atoms with Crippen LogP contribution in [0.4, 0.5) is 5.13 Å². The Morgan fingerprint density at radius 2 is 2.19 bits per heavy atom. The maximum absolute atomic E-state index is 12.2. The van der Waals surface area contributed by atoms with Crippen LogP contribution in [0.3, 0.4) is 0 Å². The van der Waals surface area contributed by atoms with Gasteiger partial charge in [0.2, 0.25) is 10.2 Å². The minimum Gasteiger partial charge on any atom is -0.446 e. The molecule has 2 aromatic rings. The Kier molecular flexibility index (Phi) is 3.96. The summed E-state index contributed by atoms with van der Waals surface area (Å²) in [5.74, 6) is 0.605. The third-order valence-electron chi connectivity index (χ3n) is 3.04. The van der Waals surface area contributed by atoms with E-state index in [9.17, 15) is 8.42 Å². The molecular formula is C12H16N4O3S2. The van der Waals surface area contributed by atoms with Crippen molar-refractivity contribution in [3.8, 4) is 0 Å². The van der Waals surface area contributed by atoms with E-state index in [1.165, 1.54) is 30.2 Å². The fourth-order valence-electron chi connectivity index (χ4n) is 1.73. The fourth-order valence-corrected chi connectivity index (χ4v) is 3.59. The lowest BCUT2D eigenvalue weighted by molar-refractivity contribution is 0.403. The van der Waals surface area contributed by atoms with Crippen LogP contribution in [0.15, 0.2) is 21.6 Å². The minimum atomic E-state index is -3.75. The molecule has 0 amide bonds. The molecule has 21 heavy (non-hydrogen) atoms. The first kappa shape index (κ1) is 14.5. The predicted octanol–water partition coefficient (Wildman–Crippen LogP) is 1.75. The Morgan fingerprint density at radius 1 is 1.38 bits per heavy atom. The molecule has 2 N–H and O–H groups in total. The quantitative estimate of drug-likeness (QED) is 0.803. The van der Waals surface area contributed by atoms with Gasteiger partial charge in [-0.1, -0.05) is 18.3 Å². The second kappa shape index (κ2) is 5.74. The summed E-state index contributed by atoms with van der Waals surface area (Å²) in [4.78, 5) is 0. The second-order valence-corrected chi connectivity index (χ2v) is 7.51. The van der Waals surface area contributed by atoms with Crippen molar-refractivity contribution in [1.29, 1.82) is 0 Å². The molecule has 0 atom stereocenters. The number of hydrogen-bond acceptors (Lipinski definition) is 7. The third kappa shape index (κ3) is 3.60. The van der Waals surface area contributed by atoms with E-state index in [1.807, 2.05) is 6.92 Å². The van der Waals surface area contributed by atoms with Crippen LogP contribution >= 0.6 is 11.3 Å². The van der Waals surface area contributed by atoms with Crippen molar-refractivity contribution in [2.45, 2.75) is 43.9 Å². The molecule has 1 saturated carbocycles. The lowest BCUT2D eigenvalue weighted by Crippen LogP contribution is -2.15. The summed E-state index contributed by atoms with van der Waals surface area (Å²) in [5.41, 5.74) is 0. The van der Waals surface area contributed by atoms with E-state index in [2.05, 4.69) is 20.2 Å². The van der Waals surface area contributed by atoms with Gasteiger partial charge in [0.1, 0.15) is 10.8 Å². The van der Waals surface area contributed by atoms with Gasteiger partial charge in [0, 0.05) is 6.04 Å². The van der Waals surface area contributed by atoms with Gasteiger partial charge in [-0.05, 0) is 31.4 Å². The zero-order chi connectivity index (χ0) is 14.9. The zero-order valence-electron chi connectivity index (χ0n) is 11.5. The highest BCUT2D eigenvalue weighted by atomic mass is 32.2. The summed E-state index contributed by atoms with van der Waals surface area (Å²) in [6.07, 6.45) is 3.06. The van der Waals surface area contributed by atoms with Crippen molar-refractivity contribution in [3.63, 3.8) is 0 Å². The number of nitrogens with one attached hydrogen (secondary N) is 2. The Hall–Kier alpha value is -1.45. The summed E-state index contributed by atoms with van der Waals surface area (Å²) in [7, 11) is -3.75. The van der Waals surface area contributed by atoms with Crippen LogP contribution < -0.4 is 10.0 Å². The summed E-state index contributed by atoms with van der Waals surface area (Å²) in [6.45, 7) is 2.48. The molecule has 0 radical (unpaired) electrons. The molecule has 0 aliphatic heterocycles. The third-order valence-corrected chi connectivity index (χ3v) is 5.36. The van der Waals surface area contributed by atoms with Crippen LogP contribution in [-0.4, -0.2) is 24.7 Å². The van der Waals surface area contributed by atoms with Crippen molar-refractivity contribution >= 4 is 26.5 Å². The van der Waals surface area contributed by atoms with Crippen LogP contribution in [0.2, 0.25) is 0 Å². The lowest BCUT2D eigenvalue weighted by atomic mass is 10.4. The number of anilines is 1. The van der Waals surface area contributed by atoms with Crippen molar-refractivity contribution < 1.29 is 12.8 Å². The molecule has 1 fully saturated rings. The average molecular weight is 328 g/mol. The number of rotatable bonds is 7. The minimum absolute atomic E-state index is 0.108. The van der Waals surface area contributed by atoms with E-state index in [4.69, 9.17) is 4.42 Å². The molecule has 1 aliphatic rings. The molecule has 7 nitrogen and oxygen atoms in total. The van der Waals surface area contributed by atoms with E-state index < -0.39 is 10.0 Å². The number of sulfonamides is 1. The predicted molar refractivity (Wildman–Crippen MR) is 78.7 cm³/mol. The monoisotopic (exact) mass is 328 g/mol. The van der Waals surface area contributed by atoms with Gasteiger partial charge < -0.3 is 9.73 Å². The Balaban J connectivity index is 1.68. The van der Waals surface area contributed by atoms with Crippen LogP contribution in [-0.2, 0) is 23.0 Å². The first-order chi connectivity index (χ1) is 10.1. The number of hydrogen-bond donors (Lipinski definition) is 2. The van der Waals surface area contributed by atoms with Gasteiger partial charge in [0.15, 0.2) is 0 Å². The Morgan fingerprint density at radius 3 is 2.86 bits per heavy atom. The highest BCUT2D eigenvalue weighted by molar-refractivity contribution is 7.92. The van der Waals surface area contributed by atoms with Gasteiger partial charge >= 0.3 is 0 Å². The standard InChI is InChI=1S/C12H16N4O3S2/c1-2-10-14-15-12(20-10)16-21(17,18)11-6-5-9(19-11)7-13-8-3-4-8/h5-6,8,13H,2-4,7H2,1H3,(H,15,16). The summed E-state index contributed by atoms with van der Waals surface area (Å²) >= 11 is 1.22. The maximum Gasteiger partial charge on any atom is 0.297 e. The molecule has 2 aromatic heterocycles. The molecule has 0 aromatic carbocycles. The molecular weight excluding hydrogens is 312 g/mol. The number of furan rings is 1. The molecule has 3 rings (SSSR count). The number of aromatic nitrogens is 2. The van der Waals surface area contributed by atoms with Gasteiger partial charge in [-0.2, -0.15) is 8.42 Å². The second-order valence-electron chi connectivity index (χ2n) is 4.84. The lowest BCUT2D eigenvalue weighted by Gasteiger charge is -2.01. The van der Waals surface area contributed by atoms with Gasteiger partial charge in [-0.15, -0.1) is 10.2 Å². The maximum atomic E-state index is 12.2. The Labute approximate surface area is 126 Å². The summed E-state index contributed by atoms with van der Waals surface area (Å²) < 4.78 is 32.1. The van der Waals surface area contributed by atoms with Crippen LogP contribution in [0.5, 0.6) is 0 Å². The summed E-state index contributed by atoms with van der Waals surface area (Å²) in [5, 5.41) is 11.9. The van der Waals surface area contributed by atoms with Gasteiger partial charge in [0.05, 0.1) is 6.54 Å². The van der Waals surface area contributed by atoms with Crippen LogP contribution in [0, 0.1) is 0 Å². The van der Waals surface area contributed by atoms with E-state index in [0.717, 1.165) is 11.4 Å². The highest BCUT2D eigenvalue weighted by Crippen LogP contribution is 2.23. The molecule has 9 heteroatoms. The van der Waals surface area contributed by atoms with Gasteiger partial charge in [-0.3, -0.25) is 4.72 Å². The normalized spacial score (nSPS) is 15.3. The largest absolute Gasteiger partial charge is 0.446 e. The molecule has 114 valence electrons. The number of aryl methyl sites for hydroxylation is 1. The molecule has 1 aliphatic carbocycles. The van der Waals surface area contributed by atoms with Crippen LogP contribution in [0.1, 0.15) is 30.5 Å².